The van der Waals surface area contributed by atoms with Crippen LogP contribution in [0.1, 0.15) is 83.4 Å². The van der Waals surface area contributed by atoms with Crippen molar-refractivity contribution in [1.29, 1.82) is 0 Å². The molecule has 3 rings (SSSR count). The first-order chi connectivity index (χ1) is 12.3. The van der Waals surface area contributed by atoms with Crippen LogP contribution in [-0.4, -0.2) is 14.5 Å². The summed E-state index contributed by atoms with van der Waals surface area (Å²) in [6.07, 6.45) is 12.8. The molecule has 2 fully saturated rings. The van der Waals surface area contributed by atoms with E-state index in [1.165, 1.54) is 54.5 Å². The van der Waals surface area contributed by atoms with Crippen LogP contribution in [0.2, 0.25) is 0 Å². The Morgan fingerprint density at radius 2 is 1.88 bits per heavy atom. The van der Waals surface area contributed by atoms with E-state index in [9.17, 15) is 4.55 Å². The number of thioether (sulfide) groups is 1. The third-order valence-electron chi connectivity index (χ3n) is 5.14. The second-order valence-corrected chi connectivity index (χ2v) is 12.1. The van der Waals surface area contributed by atoms with E-state index in [1.807, 2.05) is 32.5 Å². The Morgan fingerprint density at radius 3 is 2.50 bits per heavy atom. The lowest BCUT2D eigenvalue weighted by molar-refractivity contribution is 0.531. The minimum atomic E-state index is -1.06. The van der Waals surface area contributed by atoms with Crippen molar-refractivity contribution < 1.29 is 4.55 Å². The van der Waals surface area contributed by atoms with Crippen LogP contribution < -0.4 is 4.72 Å². The number of hydrogen-bond donors (Lipinski definition) is 1. The van der Waals surface area contributed by atoms with Crippen LogP contribution in [0.15, 0.2) is 29.2 Å². The Labute approximate surface area is 166 Å². The number of allylic oxidation sites excluding steroid dienone is 1. The zero-order chi connectivity index (χ0) is 18.7. The molecule has 0 spiro atoms. The lowest BCUT2D eigenvalue weighted by Crippen LogP contribution is -2.40. The molecule has 0 unspecified atom stereocenters. The van der Waals surface area contributed by atoms with Crippen molar-refractivity contribution in [3.8, 4) is 0 Å². The SMILES string of the molecule is C[C@H](N[S@+]([O-])C(C)(C)C)c1ccc(SC2CCCC2)cc1/C=C/C1CC1. The van der Waals surface area contributed by atoms with Gasteiger partial charge >= 0.3 is 0 Å². The van der Waals surface area contributed by atoms with Gasteiger partial charge in [0.15, 0.2) is 0 Å². The lowest BCUT2D eigenvalue weighted by Gasteiger charge is -2.27. The number of hydrogen-bond acceptors (Lipinski definition) is 3. The molecule has 0 aromatic heterocycles. The summed E-state index contributed by atoms with van der Waals surface area (Å²) < 4.78 is 15.6. The van der Waals surface area contributed by atoms with Gasteiger partial charge in [-0.1, -0.05) is 31.1 Å². The number of benzene rings is 1. The van der Waals surface area contributed by atoms with E-state index < -0.39 is 11.4 Å². The zero-order valence-electron chi connectivity index (χ0n) is 16.6. The van der Waals surface area contributed by atoms with E-state index in [1.54, 1.807) is 0 Å². The van der Waals surface area contributed by atoms with Crippen molar-refractivity contribution in [2.75, 3.05) is 0 Å². The van der Waals surface area contributed by atoms with Crippen molar-refractivity contribution >= 4 is 29.2 Å². The molecule has 26 heavy (non-hydrogen) atoms. The molecule has 0 aliphatic heterocycles. The van der Waals surface area contributed by atoms with Gasteiger partial charge in [-0.05, 0) is 82.6 Å². The van der Waals surface area contributed by atoms with E-state index in [2.05, 4.69) is 42.0 Å². The van der Waals surface area contributed by atoms with Gasteiger partial charge in [-0.25, -0.2) is 0 Å². The van der Waals surface area contributed by atoms with E-state index in [0.717, 1.165) is 11.2 Å². The highest BCUT2D eigenvalue weighted by molar-refractivity contribution is 8.00. The summed E-state index contributed by atoms with van der Waals surface area (Å²) in [6.45, 7) is 8.16. The topological polar surface area (TPSA) is 35.1 Å². The molecule has 144 valence electrons. The summed E-state index contributed by atoms with van der Waals surface area (Å²) >= 11 is 0.975. The van der Waals surface area contributed by atoms with Crippen LogP contribution in [0.3, 0.4) is 0 Å². The van der Waals surface area contributed by atoms with Gasteiger partial charge in [0.05, 0.1) is 6.04 Å². The average molecular weight is 392 g/mol. The van der Waals surface area contributed by atoms with Crippen molar-refractivity contribution in [1.82, 2.24) is 4.72 Å². The van der Waals surface area contributed by atoms with Crippen molar-refractivity contribution in [3.05, 3.63) is 35.4 Å². The number of nitrogens with one attached hydrogen (secondary N) is 1. The predicted octanol–water partition coefficient (Wildman–Crippen LogP) is 6.26. The van der Waals surface area contributed by atoms with Gasteiger partial charge in [0.1, 0.15) is 4.75 Å². The minimum absolute atomic E-state index is 0.0689. The second-order valence-electron chi connectivity index (χ2n) is 8.73. The van der Waals surface area contributed by atoms with Crippen LogP contribution >= 0.6 is 11.8 Å². The molecule has 2 aliphatic rings. The normalized spacial score (nSPS) is 21.4. The summed E-state index contributed by atoms with van der Waals surface area (Å²) in [6, 6.07) is 6.90. The van der Waals surface area contributed by atoms with E-state index in [-0.39, 0.29) is 10.8 Å². The van der Waals surface area contributed by atoms with E-state index in [0.29, 0.717) is 0 Å². The molecule has 2 saturated carbocycles. The molecule has 2 atom stereocenters. The number of rotatable bonds is 7. The predicted molar refractivity (Wildman–Crippen MR) is 116 cm³/mol. The highest BCUT2D eigenvalue weighted by Gasteiger charge is 2.29. The van der Waals surface area contributed by atoms with Crippen LogP contribution in [0, 0.1) is 5.92 Å². The molecule has 2 nitrogen and oxygen atoms in total. The van der Waals surface area contributed by atoms with Crippen molar-refractivity contribution in [2.45, 2.75) is 87.2 Å². The van der Waals surface area contributed by atoms with Gasteiger partial charge < -0.3 is 4.55 Å². The Balaban J connectivity index is 1.77. The highest BCUT2D eigenvalue weighted by Crippen LogP contribution is 2.37. The van der Waals surface area contributed by atoms with Crippen molar-refractivity contribution in [2.24, 2.45) is 5.92 Å². The summed E-state index contributed by atoms with van der Waals surface area (Å²) in [5.41, 5.74) is 2.53. The van der Waals surface area contributed by atoms with Gasteiger partial charge in [0.2, 0.25) is 0 Å². The van der Waals surface area contributed by atoms with E-state index >= 15 is 0 Å². The standard InChI is InChI=1S/C22H33NOS2/c1-16(23-26(24)22(2,3)4)21-14-13-20(25-19-7-5-6-8-19)15-18(21)12-11-17-9-10-17/h11-17,19,23H,5-10H2,1-4H3/b12-11+/t16-,26+/m0/s1. The maximum atomic E-state index is 12.5. The summed E-state index contributed by atoms with van der Waals surface area (Å²) in [5.74, 6) is 0.765. The van der Waals surface area contributed by atoms with E-state index in [4.69, 9.17) is 0 Å². The molecule has 2 aliphatic carbocycles. The molecule has 0 radical (unpaired) electrons. The molecule has 0 heterocycles. The van der Waals surface area contributed by atoms with Gasteiger partial charge in [-0.15, -0.1) is 16.5 Å². The Hall–Kier alpha value is -0.420. The lowest BCUT2D eigenvalue weighted by atomic mass is 10.0. The minimum Gasteiger partial charge on any atom is -0.598 e. The van der Waals surface area contributed by atoms with Crippen LogP contribution in [0.5, 0.6) is 0 Å². The average Bonchev–Trinajstić information content (AvgIpc) is 3.27. The van der Waals surface area contributed by atoms with Crippen LogP contribution in [0.4, 0.5) is 0 Å². The van der Waals surface area contributed by atoms with Crippen LogP contribution in [0.25, 0.3) is 6.08 Å². The van der Waals surface area contributed by atoms with Gasteiger partial charge in [0.25, 0.3) is 0 Å². The molecule has 0 saturated heterocycles. The molecule has 1 aromatic rings. The molecule has 1 N–H and O–H groups in total. The molecule has 4 heteroatoms. The Kier molecular flexibility index (Phi) is 6.82. The molecular formula is C22H33NOS2. The molecule has 1 aromatic carbocycles. The Bertz CT molecular complexity index is 628. The fourth-order valence-electron chi connectivity index (χ4n) is 3.29. The van der Waals surface area contributed by atoms with Crippen molar-refractivity contribution in [3.63, 3.8) is 0 Å². The second kappa shape index (κ2) is 8.72. The smallest absolute Gasteiger partial charge is 0.136 e. The monoisotopic (exact) mass is 391 g/mol. The van der Waals surface area contributed by atoms with Gasteiger partial charge in [0, 0.05) is 21.5 Å². The molecular weight excluding hydrogens is 358 g/mol. The fraction of sp³-hybridized carbons (Fsp3) is 0.636. The molecule has 0 bridgehead atoms. The first-order valence-electron chi connectivity index (χ1n) is 10.00. The zero-order valence-corrected chi connectivity index (χ0v) is 18.2. The van der Waals surface area contributed by atoms with Crippen LogP contribution in [-0.2, 0) is 11.4 Å². The quantitative estimate of drug-likeness (QED) is 0.557. The summed E-state index contributed by atoms with van der Waals surface area (Å²) in [7, 11) is 0. The fourth-order valence-corrected chi connectivity index (χ4v) is 5.39. The summed E-state index contributed by atoms with van der Waals surface area (Å²) in [4.78, 5) is 1.38. The maximum Gasteiger partial charge on any atom is 0.136 e. The first kappa shape index (κ1) is 20.3. The third-order valence-corrected chi connectivity index (χ3v) is 8.15. The third kappa shape index (κ3) is 5.79. The Morgan fingerprint density at radius 1 is 1.19 bits per heavy atom. The van der Waals surface area contributed by atoms with Gasteiger partial charge in [-0.2, -0.15) is 0 Å². The largest absolute Gasteiger partial charge is 0.598 e. The van der Waals surface area contributed by atoms with Gasteiger partial charge in [-0.3, -0.25) is 0 Å². The maximum absolute atomic E-state index is 12.5. The highest BCUT2D eigenvalue weighted by atomic mass is 32.2. The first-order valence-corrected chi connectivity index (χ1v) is 12.0. The summed E-state index contributed by atoms with van der Waals surface area (Å²) in [5, 5.41) is 0.782. The molecule has 0 amide bonds.